The zero-order chi connectivity index (χ0) is 20.7. The fourth-order valence-corrected chi connectivity index (χ4v) is 4.86. The van der Waals surface area contributed by atoms with Crippen LogP contribution in [0.15, 0.2) is 59.1 Å². The van der Waals surface area contributed by atoms with Crippen molar-refractivity contribution in [3.63, 3.8) is 0 Å². The van der Waals surface area contributed by atoms with Crippen LogP contribution in [-0.2, 0) is 4.79 Å². The Morgan fingerprint density at radius 3 is 2.69 bits per heavy atom. The van der Waals surface area contributed by atoms with Gasteiger partial charge in [0.15, 0.2) is 4.32 Å². The Morgan fingerprint density at radius 1 is 1.17 bits per heavy atom. The number of aryl methyl sites for hydroxylation is 1. The number of aromatic carboxylic acids is 1. The summed E-state index contributed by atoms with van der Waals surface area (Å²) in [5.41, 5.74) is 4.72. The van der Waals surface area contributed by atoms with Crippen molar-refractivity contribution in [3.05, 3.63) is 75.8 Å². The molecule has 2 aliphatic rings. The molecule has 1 saturated heterocycles. The molecule has 0 aromatic heterocycles. The number of anilines is 2. The molecule has 0 aliphatic carbocycles. The van der Waals surface area contributed by atoms with Gasteiger partial charge >= 0.3 is 5.97 Å². The van der Waals surface area contributed by atoms with E-state index in [1.54, 1.807) is 12.1 Å². The number of nitrogens with zero attached hydrogens (tertiary/aromatic N) is 2. The molecule has 2 aliphatic heterocycles. The van der Waals surface area contributed by atoms with Crippen molar-refractivity contribution < 1.29 is 14.7 Å². The fraction of sp³-hybridized carbons (Fsp3) is 0.136. The molecule has 0 spiro atoms. The summed E-state index contributed by atoms with van der Waals surface area (Å²) >= 11 is 6.71. The van der Waals surface area contributed by atoms with Crippen molar-refractivity contribution in [3.8, 4) is 0 Å². The standard InChI is InChI=1S/C22H18N2O3S2/c1-3-23-17-9-7-13(2)11-14(17)8-10-18(23)19-20(25)24(22(28)29-19)16-6-4-5-15(12-16)21(26)27/h4-12H,3H2,1-2H3,(H,26,27)/b19-18+. The lowest BCUT2D eigenvalue weighted by atomic mass is 10.0. The van der Waals surface area contributed by atoms with Gasteiger partial charge in [-0.1, -0.05) is 47.8 Å². The summed E-state index contributed by atoms with van der Waals surface area (Å²) in [5, 5.41) is 9.25. The second kappa shape index (κ2) is 7.50. The maximum Gasteiger partial charge on any atom is 0.335 e. The number of hydrogen-bond donors (Lipinski definition) is 1. The summed E-state index contributed by atoms with van der Waals surface area (Å²) in [4.78, 5) is 28.6. The maximum atomic E-state index is 13.3. The highest BCUT2D eigenvalue weighted by atomic mass is 32.2. The first kappa shape index (κ1) is 19.4. The van der Waals surface area contributed by atoms with Crippen LogP contribution in [0.1, 0.15) is 28.4 Å². The van der Waals surface area contributed by atoms with Crippen molar-refractivity contribution in [2.24, 2.45) is 0 Å². The number of carboxylic acid groups (broad SMARTS) is 1. The summed E-state index contributed by atoms with van der Waals surface area (Å²) in [6, 6.07) is 12.5. The molecule has 2 aromatic rings. The van der Waals surface area contributed by atoms with Gasteiger partial charge in [0.05, 0.1) is 16.9 Å². The second-order valence-electron chi connectivity index (χ2n) is 6.72. The predicted octanol–water partition coefficient (Wildman–Crippen LogP) is 4.82. The van der Waals surface area contributed by atoms with Crippen LogP contribution < -0.4 is 9.80 Å². The van der Waals surface area contributed by atoms with Crippen LogP contribution in [0.4, 0.5) is 11.4 Å². The molecule has 2 aromatic carbocycles. The van der Waals surface area contributed by atoms with E-state index in [1.807, 2.05) is 19.1 Å². The van der Waals surface area contributed by atoms with E-state index in [0.717, 1.165) is 16.9 Å². The number of fused-ring (bicyclic) bond motifs is 1. The molecule has 0 saturated carbocycles. The van der Waals surface area contributed by atoms with Crippen LogP contribution in [0.5, 0.6) is 0 Å². The number of carboxylic acids is 1. The van der Waals surface area contributed by atoms with Crippen LogP contribution >= 0.6 is 24.0 Å². The topological polar surface area (TPSA) is 60.9 Å². The van der Waals surface area contributed by atoms with Crippen LogP contribution in [0.2, 0.25) is 0 Å². The number of carbonyl (C=O) groups is 2. The molecule has 0 radical (unpaired) electrons. The summed E-state index contributed by atoms with van der Waals surface area (Å²) in [6.07, 6.45) is 3.96. The molecule has 2 heterocycles. The van der Waals surface area contributed by atoms with Crippen LogP contribution in [0.25, 0.3) is 6.08 Å². The first-order chi connectivity index (χ1) is 13.9. The third-order valence-corrected chi connectivity index (χ3v) is 6.23. The first-order valence-corrected chi connectivity index (χ1v) is 10.3. The number of rotatable bonds is 3. The van der Waals surface area contributed by atoms with E-state index >= 15 is 0 Å². The minimum atomic E-state index is -1.05. The van der Waals surface area contributed by atoms with Gasteiger partial charge in [0, 0.05) is 12.2 Å². The van der Waals surface area contributed by atoms with Crippen molar-refractivity contribution in [1.29, 1.82) is 0 Å². The number of allylic oxidation sites excluding steroid dienone is 1. The van der Waals surface area contributed by atoms with Gasteiger partial charge in [-0.2, -0.15) is 0 Å². The summed E-state index contributed by atoms with van der Waals surface area (Å²) in [5.74, 6) is -1.29. The Labute approximate surface area is 178 Å². The molecule has 0 bridgehead atoms. The van der Waals surface area contributed by atoms with E-state index < -0.39 is 5.97 Å². The molecular formula is C22H18N2O3S2. The highest BCUT2D eigenvalue weighted by Gasteiger charge is 2.37. The van der Waals surface area contributed by atoms with Crippen molar-refractivity contribution in [2.75, 3.05) is 16.3 Å². The molecule has 1 amide bonds. The predicted molar refractivity (Wildman–Crippen MR) is 121 cm³/mol. The molecule has 7 heteroatoms. The molecule has 29 heavy (non-hydrogen) atoms. The largest absolute Gasteiger partial charge is 0.478 e. The first-order valence-electron chi connectivity index (χ1n) is 9.11. The molecule has 1 fully saturated rings. The Hall–Kier alpha value is -2.90. The number of carbonyl (C=O) groups excluding carboxylic acids is 1. The Kier molecular flexibility index (Phi) is 5.02. The van der Waals surface area contributed by atoms with Crippen molar-refractivity contribution in [2.45, 2.75) is 13.8 Å². The fourth-order valence-electron chi connectivity index (χ4n) is 3.50. The van der Waals surface area contributed by atoms with Gasteiger partial charge in [-0.3, -0.25) is 9.69 Å². The molecule has 4 rings (SSSR count). The average molecular weight is 423 g/mol. The van der Waals surface area contributed by atoms with E-state index in [9.17, 15) is 14.7 Å². The zero-order valence-corrected chi connectivity index (χ0v) is 17.5. The SMILES string of the molecule is CCN1/C(=C2/SC(=S)N(c3cccc(C(=O)O)c3)C2=O)C=Cc2cc(C)ccc21. The van der Waals surface area contributed by atoms with Gasteiger partial charge in [-0.05, 0) is 55.8 Å². The summed E-state index contributed by atoms with van der Waals surface area (Å²) in [6.45, 7) is 4.80. The molecule has 0 atom stereocenters. The molecule has 146 valence electrons. The van der Waals surface area contributed by atoms with Crippen LogP contribution in [0, 0.1) is 6.92 Å². The minimum absolute atomic E-state index is 0.112. The summed E-state index contributed by atoms with van der Waals surface area (Å²) in [7, 11) is 0. The number of likely N-dealkylation sites (N-methyl/N-ethyl adjacent to an activating group) is 1. The number of amides is 1. The smallest absolute Gasteiger partial charge is 0.335 e. The van der Waals surface area contributed by atoms with Crippen molar-refractivity contribution in [1.82, 2.24) is 0 Å². The van der Waals surface area contributed by atoms with Crippen LogP contribution in [-0.4, -0.2) is 27.8 Å². The van der Waals surface area contributed by atoms with Gasteiger partial charge < -0.3 is 10.0 Å². The van der Waals surface area contributed by atoms with Crippen molar-refractivity contribution >= 4 is 57.6 Å². The number of hydrogen-bond acceptors (Lipinski definition) is 5. The third-order valence-electron chi connectivity index (χ3n) is 4.85. The Morgan fingerprint density at radius 2 is 1.97 bits per heavy atom. The third kappa shape index (κ3) is 3.36. The lowest BCUT2D eigenvalue weighted by Gasteiger charge is -2.30. The van der Waals surface area contributed by atoms with E-state index in [1.165, 1.54) is 34.4 Å². The van der Waals surface area contributed by atoms with E-state index in [-0.39, 0.29) is 11.5 Å². The van der Waals surface area contributed by atoms with Gasteiger partial charge in [-0.15, -0.1) is 0 Å². The van der Waals surface area contributed by atoms with Gasteiger partial charge in [0.2, 0.25) is 0 Å². The van der Waals surface area contributed by atoms with Crippen LogP contribution in [0.3, 0.4) is 0 Å². The number of thiocarbonyl (C=S) groups is 1. The Balaban J connectivity index is 1.77. The molecule has 1 N–H and O–H groups in total. The lowest BCUT2D eigenvalue weighted by molar-refractivity contribution is -0.113. The minimum Gasteiger partial charge on any atom is -0.478 e. The number of thioether (sulfide) groups is 1. The van der Waals surface area contributed by atoms with E-state index in [2.05, 4.69) is 30.0 Å². The molecule has 5 nitrogen and oxygen atoms in total. The highest BCUT2D eigenvalue weighted by molar-refractivity contribution is 8.27. The van der Waals surface area contributed by atoms with E-state index in [0.29, 0.717) is 21.5 Å². The summed E-state index contributed by atoms with van der Waals surface area (Å²) < 4.78 is 0.388. The van der Waals surface area contributed by atoms with E-state index in [4.69, 9.17) is 12.2 Å². The van der Waals surface area contributed by atoms with Gasteiger partial charge in [-0.25, -0.2) is 4.79 Å². The monoisotopic (exact) mass is 422 g/mol. The highest BCUT2D eigenvalue weighted by Crippen LogP contribution is 2.41. The number of benzene rings is 2. The normalized spacial score (nSPS) is 18.4. The maximum absolute atomic E-state index is 13.3. The Bertz CT molecular complexity index is 1120. The second-order valence-corrected chi connectivity index (χ2v) is 8.36. The van der Waals surface area contributed by atoms with Gasteiger partial charge in [0.25, 0.3) is 5.91 Å². The average Bonchev–Trinajstić information content (AvgIpc) is 3.00. The lowest BCUT2D eigenvalue weighted by Crippen LogP contribution is -2.30. The molecule has 0 unspecified atom stereocenters. The zero-order valence-electron chi connectivity index (χ0n) is 15.9. The van der Waals surface area contributed by atoms with Gasteiger partial charge in [0.1, 0.15) is 4.91 Å². The molecular weight excluding hydrogens is 404 g/mol. The quantitative estimate of drug-likeness (QED) is 0.565.